The molecule has 4 rings (SSSR count). The molecule has 6 nitrogen and oxygen atoms in total. The van der Waals surface area contributed by atoms with Gasteiger partial charge in [0.25, 0.3) is 0 Å². The van der Waals surface area contributed by atoms with Crippen LogP contribution in [0.15, 0.2) is 107 Å². The molecule has 0 saturated heterocycles. The first-order chi connectivity index (χ1) is 20.5. The Morgan fingerprint density at radius 3 is 1.21 bits per heavy atom. The maximum Gasteiger partial charge on any atom is 0.126 e. The van der Waals surface area contributed by atoms with Crippen LogP contribution in [0, 0.1) is 0 Å². The molecule has 0 aromatic heterocycles. The molecule has 218 valence electrons. The van der Waals surface area contributed by atoms with Gasteiger partial charge in [-0.1, -0.05) is 60.7 Å². The first-order valence-corrected chi connectivity index (χ1v) is 14.8. The summed E-state index contributed by atoms with van der Waals surface area (Å²) in [5.41, 5.74) is 5.25. The van der Waals surface area contributed by atoms with Gasteiger partial charge in [0.1, 0.15) is 23.6 Å². The fraction of sp³-hybridized carbons (Fsp3) is 0.278. The minimum Gasteiger partial charge on any atom is -0.507 e. The lowest BCUT2D eigenvalue weighted by molar-refractivity contribution is 0.473. The molecule has 0 saturated carbocycles. The van der Waals surface area contributed by atoms with Crippen molar-refractivity contribution >= 4 is 23.8 Å². The molecule has 4 aromatic rings. The Bertz CT molecular complexity index is 1350. The molecule has 0 fully saturated rings. The summed E-state index contributed by atoms with van der Waals surface area (Å²) in [7, 11) is 0. The highest BCUT2D eigenvalue weighted by Crippen LogP contribution is 2.36. The Morgan fingerprint density at radius 1 is 0.548 bits per heavy atom. The summed E-state index contributed by atoms with van der Waals surface area (Å²) >= 11 is 0. The van der Waals surface area contributed by atoms with Gasteiger partial charge in [-0.2, -0.15) is 0 Å². The van der Waals surface area contributed by atoms with Gasteiger partial charge in [0, 0.05) is 73.2 Å². The fourth-order valence-electron chi connectivity index (χ4n) is 5.17. The van der Waals surface area contributed by atoms with Crippen molar-refractivity contribution in [3.63, 3.8) is 0 Å². The van der Waals surface area contributed by atoms with Crippen molar-refractivity contribution in [2.75, 3.05) is 36.0 Å². The molecule has 0 aliphatic carbocycles. The molecule has 42 heavy (non-hydrogen) atoms. The van der Waals surface area contributed by atoms with Crippen LogP contribution in [0.5, 0.6) is 11.5 Å². The van der Waals surface area contributed by atoms with Gasteiger partial charge < -0.3 is 20.0 Å². The maximum atomic E-state index is 10.9. The van der Waals surface area contributed by atoms with Gasteiger partial charge in [-0.05, 0) is 63.1 Å². The maximum absolute atomic E-state index is 10.9. The summed E-state index contributed by atoms with van der Waals surface area (Å²) in [6, 6.07) is 30.9. The van der Waals surface area contributed by atoms with E-state index in [0.717, 1.165) is 48.7 Å². The average molecular weight is 563 g/mol. The second-order valence-corrected chi connectivity index (χ2v) is 10.1. The number of phenolic OH excluding ortho intramolecular Hbond substituents is 2. The number of hydrogen-bond acceptors (Lipinski definition) is 6. The van der Waals surface area contributed by atoms with Crippen LogP contribution in [0.1, 0.15) is 62.0 Å². The number of rotatable bonds is 13. The zero-order valence-electron chi connectivity index (χ0n) is 25.1. The predicted molar refractivity (Wildman–Crippen MR) is 177 cm³/mol. The second-order valence-electron chi connectivity index (χ2n) is 10.1. The summed E-state index contributed by atoms with van der Waals surface area (Å²) in [6.07, 6.45) is 3.47. The number of hydrogen-bond donors (Lipinski definition) is 2. The van der Waals surface area contributed by atoms with Crippen molar-refractivity contribution in [2.45, 2.75) is 39.8 Å². The molecule has 0 unspecified atom stereocenters. The smallest absolute Gasteiger partial charge is 0.126 e. The minimum atomic E-state index is -0.371. The molecule has 0 bridgehead atoms. The Hall–Kier alpha value is -4.58. The third-order valence-electron chi connectivity index (χ3n) is 7.61. The SMILES string of the molecule is CCN(CC)c1ccc(C=N[C@H](c2ccccc2)[C@H](N=Cc2ccc(N(CC)CC)cc2O)c2ccccc2)c(O)c1. The van der Waals surface area contributed by atoms with Crippen LogP contribution in [-0.2, 0) is 0 Å². The van der Waals surface area contributed by atoms with Crippen LogP contribution in [0.3, 0.4) is 0 Å². The average Bonchev–Trinajstić information content (AvgIpc) is 3.02. The Kier molecular flexibility index (Phi) is 10.8. The highest BCUT2D eigenvalue weighted by molar-refractivity contribution is 5.86. The first-order valence-electron chi connectivity index (χ1n) is 14.8. The van der Waals surface area contributed by atoms with Crippen LogP contribution in [0.25, 0.3) is 0 Å². The molecule has 0 radical (unpaired) electrons. The number of anilines is 2. The molecule has 4 aromatic carbocycles. The third kappa shape index (κ3) is 7.38. The number of aliphatic imine (C=N–C) groups is 2. The molecule has 0 aliphatic rings. The summed E-state index contributed by atoms with van der Waals surface area (Å²) < 4.78 is 0. The zero-order chi connectivity index (χ0) is 29.9. The van der Waals surface area contributed by atoms with Crippen molar-refractivity contribution in [3.05, 3.63) is 119 Å². The van der Waals surface area contributed by atoms with E-state index in [1.165, 1.54) is 0 Å². The molecule has 0 heterocycles. The van der Waals surface area contributed by atoms with Gasteiger partial charge in [-0.15, -0.1) is 0 Å². The standard InChI is InChI=1S/C36H42N4O2/c1-5-39(6-2)31-21-19-29(33(41)23-31)25-37-35(27-15-11-9-12-16-27)36(28-17-13-10-14-18-28)38-26-30-20-22-32(24-34(30)42)40(7-3)8-4/h9-26,35-36,41-42H,5-8H2,1-4H3/t35-,36-/m1/s1. The van der Waals surface area contributed by atoms with E-state index < -0.39 is 0 Å². The number of phenols is 2. The molecule has 0 spiro atoms. The summed E-state index contributed by atoms with van der Waals surface area (Å²) in [4.78, 5) is 14.4. The van der Waals surface area contributed by atoms with Crippen molar-refractivity contribution in [2.24, 2.45) is 9.98 Å². The van der Waals surface area contributed by atoms with Gasteiger partial charge in [0.05, 0.1) is 0 Å². The lowest BCUT2D eigenvalue weighted by Crippen LogP contribution is -2.21. The van der Waals surface area contributed by atoms with E-state index in [4.69, 9.17) is 9.98 Å². The largest absolute Gasteiger partial charge is 0.507 e. The van der Waals surface area contributed by atoms with Crippen LogP contribution >= 0.6 is 0 Å². The lowest BCUT2D eigenvalue weighted by atomic mass is 9.94. The molecule has 0 aliphatic heterocycles. The third-order valence-corrected chi connectivity index (χ3v) is 7.61. The second kappa shape index (κ2) is 14.9. The molecule has 2 N–H and O–H groups in total. The van der Waals surface area contributed by atoms with Crippen LogP contribution in [-0.4, -0.2) is 48.8 Å². The zero-order valence-corrected chi connectivity index (χ0v) is 25.1. The van der Waals surface area contributed by atoms with Gasteiger partial charge in [-0.3, -0.25) is 9.98 Å². The fourth-order valence-corrected chi connectivity index (χ4v) is 5.17. The van der Waals surface area contributed by atoms with E-state index in [2.05, 4.69) is 37.5 Å². The Morgan fingerprint density at radius 2 is 0.905 bits per heavy atom. The van der Waals surface area contributed by atoms with E-state index in [1.54, 1.807) is 24.6 Å². The molecule has 2 atom stereocenters. The van der Waals surface area contributed by atoms with Gasteiger partial charge in [-0.25, -0.2) is 0 Å². The van der Waals surface area contributed by atoms with E-state index in [1.807, 2.05) is 84.9 Å². The van der Waals surface area contributed by atoms with Crippen LogP contribution in [0.4, 0.5) is 11.4 Å². The molecule has 6 heteroatoms. The van der Waals surface area contributed by atoms with Crippen molar-refractivity contribution < 1.29 is 10.2 Å². The predicted octanol–water partition coefficient (Wildman–Crippen LogP) is 7.81. The highest BCUT2D eigenvalue weighted by atomic mass is 16.3. The Labute approximate surface area is 250 Å². The molecule has 0 amide bonds. The van der Waals surface area contributed by atoms with Gasteiger partial charge in [0.15, 0.2) is 0 Å². The van der Waals surface area contributed by atoms with Crippen LogP contribution in [0.2, 0.25) is 0 Å². The minimum absolute atomic E-state index is 0.188. The van der Waals surface area contributed by atoms with E-state index in [-0.39, 0.29) is 23.6 Å². The van der Waals surface area contributed by atoms with E-state index in [0.29, 0.717) is 11.1 Å². The van der Waals surface area contributed by atoms with Gasteiger partial charge >= 0.3 is 0 Å². The summed E-state index contributed by atoms with van der Waals surface area (Å²) in [6.45, 7) is 11.9. The lowest BCUT2D eigenvalue weighted by Gasteiger charge is -2.23. The Balaban J connectivity index is 1.74. The summed E-state index contributed by atoms with van der Waals surface area (Å²) in [5, 5.41) is 21.7. The normalized spacial score (nSPS) is 13.0. The number of benzene rings is 4. The highest BCUT2D eigenvalue weighted by Gasteiger charge is 2.23. The molecular weight excluding hydrogens is 520 g/mol. The van der Waals surface area contributed by atoms with E-state index in [9.17, 15) is 10.2 Å². The van der Waals surface area contributed by atoms with E-state index >= 15 is 0 Å². The topological polar surface area (TPSA) is 71.7 Å². The monoisotopic (exact) mass is 562 g/mol. The van der Waals surface area contributed by atoms with Crippen LogP contribution < -0.4 is 9.80 Å². The number of nitrogens with zero attached hydrogens (tertiary/aromatic N) is 4. The van der Waals surface area contributed by atoms with Crippen molar-refractivity contribution in [1.82, 2.24) is 0 Å². The van der Waals surface area contributed by atoms with Gasteiger partial charge in [0.2, 0.25) is 0 Å². The summed E-state index contributed by atoms with van der Waals surface area (Å²) in [5.74, 6) is 0.376. The number of aromatic hydroxyl groups is 2. The van der Waals surface area contributed by atoms with Crippen molar-refractivity contribution in [3.8, 4) is 11.5 Å². The quantitative estimate of drug-likeness (QED) is 0.163. The first kappa shape index (κ1) is 30.4. The molecular formula is C36H42N4O2. The van der Waals surface area contributed by atoms with Crippen molar-refractivity contribution in [1.29, 1.82) is 0 Å².